The normalized spacial score (nSPS) is 22.8. The topological polar surface area (TPSA) is 86.7 Å². The lowest BCUT2D eigenvalue weighted by atomic mass is 9.82. The van der Waals surface area contributed by atoms with Gasteiger partial charge in [-0.1, -0.05) is 58.7 Å². The fourth-order valence-corrected chi connectivity index (χ4v) is 7.14. The molecule has 0 spiro atoms. The summed E-state index contributed by atoms with van der Waals surface area (Å²) >= 11 is 0. The fraction of sp³-hybridized carbons (Fsp3) is 0.581. The van der Waals surface area contributed by atoms with Crippen molar-refractivity contribution in [1.29, 1.82) is 0 Å². The number of hydrogen-bond donors (Lipinski definition) is 2. The van der Waals surface area contributed by atoms with Crippen LogP contribution in [0.5, 0.6) is 0 Å². The van der Waals surface area contributed by atoms with E-state index in [-0.39, 0.29) is 23.2 Å². The number of rotatable bonds is 10. The lowest BCUT2D eigenvalue weighted by Crippen LogP contribution is -2.32. The van der Waals surface area contributed by atoms with Crippen LogP contribution in [0.15, 0.2) is 47.4 Å². The van der Waals surface area contributed by atoms with E-state index in [9.17, 15) is 18.3 Å². The van der Waals surface area contributed by atoms with Gasteiger partial charge in [0, 0.05) is 31.3 Å². The van der Waals surface area contributed by atoms with Crippen molar-refractivity contribution in [1.82, 2.24) is 10.2 Å². The molecule has 2 aliphatic rings. The quantitative estimate of drug-likeness (QED) is 0.405. The second-order valence-electron chi connectivity index (χ2n) is 11.7. The molecule has 4 rings (SSSR count). The van der Waals surface area contributed by atoms with E-state index in [0.29, 0.717) is 23.9 Å². The summed E-state index contributed by atoms with van der Waals surface area (Å²) in [4.78, 5) is 16.2. The number of carbonyl (C=O) groups is 1. The van der Waals surface area contributed by atoms with E-state index >= 15 is 0 Å². The van der Waals surface area contributed by atoms with Gasteiger partial charge in [0.2, 0.25) is 0 Å². The standard InChI is InChI=1S/C31H44N2O4S/c1-5-38(36,37)27-13-10-24(11-14-27)29(16-17-34)32-31(35)25-12-15-28-26(18-25)20-33(30(28)21(2)3)19-23-8-6-22(4)7-9-23/h10-15,18,21-23,29-30,34H,5-9,16-17,19-20H2,1-4H3,(H,32,35)/t22-,23-,29-,30-/m0/s1. The molecule has 1 saturated carbocycles. The first-order chi connectivity index (χ1) is 18.1. The number of amides is 1. The van der Waals surface area contributed by atoms with Crippen LogP contribution in [0, 0.1) is 17.8 Å². The molecule has 6 nitrogen and oxygen atoms in total. The molecule has 2 aromatic rings. The highest BCUT2D eigenvalue weighted by molar-refractivity contribution is 7.91. The maximum Gasteiger partial charge on any atom is 0.251 e. The number of fused-ring (bicyclic) bond motifs is 1. The first-order valence-corrected chi connectivity index (χ1v) is 15.9. The first-order valence-electron chi connectivity index (χ1n) is 14.2. The SMILES string of the molecule is CCS(=O)(=O)c1ccc([C@H](CCO)NC(=O)c2ccc3c(c2)CN(C[C@H]2CC[C@H](C)CC2)[C@H]3C(C)C)cc1. The van der Waals surface area contributed by atoms with Crippen molar-refractivity contribution >= 4 is 15.7 Å². The Balaban J connectivity index is 1.48. The summed E-state index contributed by atoms with van der Waals surface area (Å²) in [5.41, 5.74) is 3.96. The van der Waals surface area contributed by atoms with E-state index in [1.807, 2.05) is 12.1 Å². The van der Waals surface area contributed by atoms with Gasteiger partial charge in [0.05, 0.1) is 16.7 Å². The van der Waals surface area contributed by atoms with Crippen LogP contribution in [0.3, 0.4) is 0 Å². The maximum absolute atomic E-state index is 13.3. The Morgan fingerprint density at radius 3 is 2.37 bits per heavy atom. The molecule has 0 radical (unpaired) electrons. The van der Waals surface area contributed by atoms with Crippen LogP contribution in [0.4, 0.5) is 0 Å². The molecule has 38 heavy (non-hydrogen) atoms. The second-order valence-corrected chi connectivity index (χ2v) is 13.9. The summed E-state index contributed by atoms with van der Waals surface area (Å²) in [5.74, 6) is 1.95. The molecule has 1 heterocycles. The average Bonchev–Trinajstić information content (AvgIpc) is 3.27. The molecule has 2 N–H and O–H groups in total. The van der Waals surface area contributed by atoms with E-state index in [1.54, 1.807) is 31.2 Å². The van der Waals surface area contributed by atoms with Crippen molar-refractivity contribution in [2.75, 3.05) is 18.9 Å². The van der Waals surface area contributed by atoms with Crippen LogP contribution in [-0.4, -0.2) is 43.2 Å². The molecule has 1 fully saturated rings. The zero-order valence-electron chi connectivity index (χ0n) is 23.3. The summed E-state index contributed by atoms with van der Waals surface area (Å²) in [5, 5.41) is 12.7. The molecule has 0 aromatic heterocycles. The smallest absolute Gasteiger partial charge is 0.251 e. The highest BCUT2D eigenvalue weighted by Gasteiger charge is 2.34. The molecule has 7 heteroatoms. The van der Waals surface area contributed by atoms with Crippen LogP contribution in [-0.2, 0) is 16.4 Å². The zero-order chi connectivity index (χ0) is 27.4. The predicted molar refractivity (Wildman–Crippen MR) is 152 cm³/mol. The van der Waals surface area contributed by atoms with Gasteiger partial charge in [-0.2, -0.15) is 0 Å². The molecule has 0 saturated heterocycles. The van der Waals surface area contributed by atoms with Crippen LogP contribution in [0.2, 0.25) is 0 Å². The molecule has 1 aliphatic heterocycles. The number of hydrogen-bond acceptors (Lipinski definition) is 5. The molecular weight excluding hydrogens is 496 g/mol. The van der Waals surface area contributed by atoms with Gasteiger partial charge in [-0.25, -0.2) is 8.42 Å². The number of aliphatic hydroxyl groups excluding tert-OH is 1. The Labute approximate surface area is 228 Å². The van der Waals surface area contributed by atoms with E-state index in [0.717, 1.165) is 30.5 Å². The Morgan fingerprint density at radius 2 is 1.76 bits per heavy atom. The van der Waals surface area contributed by atoms with Crippen LogP contribution in [0.1, 0.15) is 98.9 Å². The van der Waals surface area contributed by atoms with Crippen molar-refractivity contribution in [2.24, 2.45) is 17.8 Å². The van der Waals surface area contributed by atoms with Crippen molar-refractivity contribution in [3.63, 3.8) is 0 Å². The first kappa shape index (κ1) is 28.8. The summed E-state index contributed by atoms with van der Waals surface area (Å²) in [6.45, 7) is 10.5. The zero-order valence-corrected chi connectivity index (χ0v) is 24.1. The molecule has 1 aliphatic carbocycles. The van der Waals surface area contributed by atoms with E-state index in [4.69, 9.17) is 0 Å². The largest absolute Gasteiger partial charge is 0.396 e. The van der Waals surface area contributed by atoms with Crippen LogP contribution < -0.4 is 5.32 Å². The predicted octanol–water partition coefficient (Wildman–Crippen LogP) is 5.67. The van der Waals surface area contributed by atoms with Gasteiger partial charge in [-0.15, -0.1) is 0 Å². The van der Waals surface area contributed by atoms with Gasteiger partial charge in [0.15, 0.2) is 9.84 Å². The highest BCUT2D eigenvalue weighted by atomic mass is 32.2. The molecule has 2 aromatic carbocycles. The number of carbonyl (C=O) groups excluding carboxylic acids is 1. The van der Waals surface area contributed by atoms with E-state index in [1.165, 1.54) is 36.8 Å². The lowest BCUT2D eigenvalue weighted by molar-refractivity contribution is 0.0929. The Bertz CT molecular complexity index is 1200. The third-order valence-corrected chi connectivity index (χ3v) is 10.2. The molecule has 208 valence electrons. The fourth-order valence-electron chi connectivity index (χ4n) is 6.26. The van der Waals surface area contributed by atoms with Crippen molar-refractivity contribution in [3.8, 4) is 0 Å². The Hall–Kier alpha value is -2.22. The molecule has 0 bridgehead atoms. The average molecular weight is 541 g/mol. The Morgan fingerprint density at radius 1 is 1.08 bits per heavy atom. The minimum absolute atomic E-state index is 0.0381. The van der Waals surface area contributed by atoms with Gasteiger partial charge >= 0.3 is 0 Å². The minimum atomic E-state index is -3.29. The van der Waals surface area contributed by atoms with Gasteiger partial charge in [-0.05, 0) is 78.0 Å². The third kappa shape index (κ3) is 6.49. The van der Waals surface area contributed by atoms with E-state index < -0.39 is 15.9 Å². The lowest BCUT2D eigenvalue weighted by Gasteiger charge is -2.34. The molecule has 1 amide bonds. The van der Waals surface area contributed by atoms with Crippen molar-refractivity contribution in [2.45, 2.75) is 83.3 Å². The van der Waals surface area contributed by atoms with Gasteiger partial charge < -0.3 is 10.4 Å². The number of nitrogens with zero attached hydrogens (tertiary/aromatic N) is 1. The third-order valence-electron chi connectivity index (χ3n) is 8.49. The number of aliphatic hydroxyl groups is 1. The number of sulfone groups is 1. The minimum Gasteiger partial charge on any atom is -0.396 e. The van der Waals surface area contributed by atoms with Gasteiger partial charge in [0.25, 0.3) is 5.91 Å². The highest BCUT2D eigenvalue weighted by Crippen LogP contribution is 2.41. The van der Waals surface area contributed by atoms with Gasteiger partial charge in [-0.3, -0.25) is 9.69 Å². The summed E-state index contributed by atoms with van der Waals surface area (Å²) in [7, 11) is -3.29. The maximum atomic E-state index is 13.3. The van der Waals surface area contributed by atoms with Gasteiger partial charge in [0.1, 0.15) is 0 Å². The Kier molecular flexibility index (Phi) is 9.32. The number of nitrogens with one attached hydrogen (secondary N) is 1. The van der Waals surface area contributed by atoms with E-state index in [2.05, 4.69) is 37.1 Å². The summed E-state index contributed by atoms with van der Waals surface area (Å²) in [6, 6.07) is 12.7. The monoisotopic (exact) mass is 540 g/mol. The second kappa shape index (κ2) is 12.3. The van der Waals surface area contributed by atoms with Crippen LogP contribution >= 0.6 is 0 Å². The molecule has 0 unspecified atom stereocenters. The van der Waals surface area contributed by atoms with Crippen LogP contribution in [0.25, 0.3) is 0 Å². The van der Waals surface area contributed by atoms with Crippen molar-refractivity contribution in [3.05, 3.63) is 64.7 Å². The van der Waals surface area contributed by atoms with Crippen molar-refractivity contribution < 1.29 is 18.3 Å². The molecule has 2 atom stereocenters. The molecular formula is C31H44N2O4S. The summed E-state index contributed by atoms with van der Waals surface area (Å²) < 4.78 is 24.3. The summed E-state index contributed by atoms with van der Waals surface area (Å²) in [6.07, 6.45) is 5.62. The number of benzene rings is 2.